The molecule has 0 amide bonds. The first-order valence-corrected chi connectivity index (χ1v) is 7.69. The summed E-state index contributed by atoms with van der Waals surface area (Å²) in [5.41, 5.74) is 2.56. The van der Waals surface area contributed by atoms with Crippen LogP contribution in [-0.4, -0.2) is 47.1 Å². The molecule has 21 heavy (non-hydrogen) atoms. The molecule has 0 fully saturated rings. The van der Waals surface area contributed by atoms with E-state index < -0.39 is 0 Å². The van der Waals surface area contributed by atoms with Crippen LogP contribution in [0.15, 0.2) is 24.3 Å². The van der Waals surface area contributed by atoms with Crippen LogP contribution < -0.4 is 10.2 Å². The molecule has 1 aromatic rings. The molecule has 0 atom stereocenters. The lowest BCUT2D eigenvalue weighted by molar-refractivity contribution is 0.199. The number of anilines is 1. The molecule has 0 radical (unpaired) electrons. The van der Waals surface area contributed by atoms with Crippen LogP contribution in [0.4, 0.5) is 5.69 Å². The third kappa shape index (κ3) is 7.46. The van der Waals surface area contributed by atoms with Crippen molar-refractivity contribution in [3.05, 3.63) is 29.8 Å². The van der Waals surface area contributed by atoms with Crippen LogP contribution in [0.5, 0.6) is 0 Å². The van der Waals surface area contributed by atoms with E-state index in [4.69, 9.17) is 9.47 Å². The number of rotatable bonds is 11. The maximum absolute atomic E-state index is 5.21. The number of methoxy groups -OCH3 is 2. The second kappa shape index (κ2) is 10.6. The number of benzene rings is 1. The highest BCUT2D eigenvalue weighted by molar-refractivity contribution is 5.47. The second-order valence-corrected chi connectivity index (χ2v) is 5.67. The van der Waals surface area contributed by atoms with Crippen molar-refractivity contribution in [2.45, 2.75) is 20.4 Å². The van der Waals surface area contributed by atoms with E-state index >= 15 is 0 Å². The zero-order valence-corrected chi connectivity index (χ0v) is 13.9. The zero-order valence-electron chi connectivity index (χ0n) is 13.9. The maximum atomic E-state index is 5.21. The Balaban J connectivity index is 2.55. The summed E-state index contributed by atoms with van der Waals surface area (Å²) in [4.78, 5) is 2.39. The van der Waals surface area contributed by atoms with Gasteiger partial charge in [-0.15, -0.1) is 0 Å². The van der Waals surface area contributed by atoms with Crippen molar-refractivity contribution in [3.8, 4) is 0 Å². The molecule has 0 aliphatic carbocycles. The molecule has 1 aromatic carbocycles. The van der Waals surface area contributed by atoms with Gasteiger partial charge in [0.2, 0.25) is 0 Å². The van der Waals surface area contributed by atoms with E-state index in [9.17, 15) is 0 Å². The van der Waals surface area contributed by atoms with Gasteiger partial charge >= 0.3 is 0 Å². The average Bonchev–Trinajstić information content (AvgIpc) is 2.48. The Morgan fingerprint density at radius 3 is 2.29 bits per heavy atom. The van der Waals surface area contributed by atoms with E-state index in [0.717, 1.165) is 39.4 Å². The van der Waals surface area contributed by atoms with Crippen molar-refractivity contribution in [2.75, 3.05) is 52.0 Å². The first-order chi connectivity index (χ1) is 10.2. The lowest BCUT2D eigenvalue weighted by Gasteiger charge is -2.26. The van der Waals surface area contributed by atoms with E-state index in [1.54, 1.807) is 14.2 Å². The van der Waals surface area contributed by atoms with Crippen LogP contribution in [0, 0.1) is 5.92 Å². The highest BCUT2D eigenvalue weighted by atomic mass is 16.5. The molecule has 0 unspecified atom stereocenters. The van der Waals surface area contributed by atoms with Gasteiger partial charge in [0.25, 0.3) is 0 Å². The van der Waals surface area contributed by atoms with E-state index in [1.165, 1.54) is 11.3 Å². The van der Waals surface area contributed by atoms with Gasteiger partial charge in [-0.1, -0.05) is 26.0 Å². The lowest BCUT2D eigenvalue weighted by atomic mass is 10.1. The van der Waals surface area contributed by atoms with Gasteiger partial charge in [0.1, 0.15) is 0 Å². The molecule has 0 spiro atoms. The number of nitrogens with one attached hydrogen (secondary N) is 1. The predicted molar refractivity (Wildman–Crippen MR) is 89.0 cm³/mol. The summed E-state index contributed by atoms with van der Waals surface area (Å²) in [5.74, 6) is 0.636. The standard InChI is InChI=1S/C17H30N2O2/c1-15(2)14-19(10-12-21-4)17-7-5-16(6-8-17)13-18-9-11-20-3/h5-8,15,18H,9-14H2,1-4H3. The number of hydrogen-bond donors (Lipinski definition) is 1. The van der Waals surface area contributed by atoms with Crippen molar-refractivity contribution < 1.29 is 9.47 Å². The SMILES string of the molecule is COCCNCc1ccc(N(CCOC)CC(C)C)cc1. The molecule has 0 bridgehead atoms. The van der Waals surface area contributed by atoms with Crippen LogP contribution in [0.25, 0.3) is 0 Å². The molecular weight excluding hydrogens is 264 g/mol. The zero-order chi connectivity index (χ0) is 15.5. The molecule has 0 aromatic heterocycles. The molecule has 1 N–H and O–H groups in total. The summed E-state index contributed by atoms with van der Waals surface area (Å²) in [6, 6.07) is 8.78. The van der Waals surface area contributed by atoms with Gasteiger partial charge in [0, 0.05) is 46.1 Å². The molecule has 4 heteroatoms. The van der Waals surface area contributed by atoms with E-state index in [0.29, 0.717) is 5.92 Å². The average molecular weight is 294 g/mol. The van der Waals surface area contributed by atoms with Gasteiger partial charge in [-0.05, 0) is 23.6 Å². The minimum absolute atomic E-state index is 0.636. The lowest BCUT2D eigenvalue weighted by Crippen LogP contribution is -2.30. The van der Waals surface area contributed by atoms with Gasteiger partial charge in [-0.25, -0.2) is 0 Å². The Hall–Kier alpha value is -1.10. The molecule has 0 saturated heterocycles. The fourth-order valence-electron chi connectivity index (χ4n) is 2.20. The Morgan fingerprint density at radius 1 is 1.05 bits per heavy atom. The molecule has 0 heterocycles. The van der Waals surface area contributed by atoms with Crippen LogP contribution in [0.1, 0.15) is 19.4 Å². The Bertz CT molecular complexity index is 366. The Labute approximate surface area is 129 Å². The molecule has 120 valence electrons. The minimum atomic E-state index is 0.636. The van der Waals surface area contributed by atoms with Crippen molar-refractivity contribution >= 4 is 5.69 Å². The first-order valence-electron chi connectivity index (χ1n) is 7.69. The van der Waals surface area contributed by atoms with Gasteiger partial charge in [0.05, 0.1) is 13.2 Å². The maximum Gasteiger partial charge on any atom is 0.0637 e. The van der Waals surface area contributed by atoms with Crippen LogP contribution in [-0.2, 0) is 16.0 Å². The van der Waals surface area contributed by atoms with Crippen molar-refractivity contribution in [3.63, 3.8) is 0 Å². The van der Waals surface area contributed by atoms with E-state index in [1.807, 2.05) is 0 Å². The molecular formula is C17H30N2O2. The Morgan fingerprint density at radius 2 is 1.71 bits per heavy atom. The van der Waals surface area contributed by atoms with Crippen molar-refractivity contribution in [1.29, 1.82) is 0 Å². The first kappa shape index (κ1) is 18.0. The summed E-state index contributed by atoms with van der Waals surface area (Å²) in [6.07, 6.45) is 0. The highest BCUT2D eigenvalue weighted by Crippen LogP contribution is 2.16. The highest BCUT2D eigenvalue weighted by Gasteiger charge is 2.08. The Kier molecular flexibility index (Phi) is 9.06. The third-order valence-corrected chi connectivity index (χ3v) is 3.26. The largest absolute Gasteiger partial charge is 0.383 e. The number of hydrogen-bond acceptors (Lipinski definition) is 4. The summed E-state index contributed by atoms with van der Waals surface area (Å²) in [7, 11) is 3.47. The third-order valence-electron chi connectivity index (χ3n) is 3.26. The number of ether oxygens (including phenoxy) is 2. The molecule has 1 rings (SSSR count). The predicted octanol–water partition coefficient (Wildman–Crippen LogP) is 2.53. The summed E-state index contributed by atoms with van der Waals surface area (Å²) in [6.45, 7) is 9.73. The minimum Gasteiger partial charge on any atom is -0.383 e. The van der Waals surface area contributed by atoms with Crippen molar-refractivity contribution in [1.82, 2.24) is 5.32 Å². The van der Waals surface area contributed by atoms with Crippen LogP contribution in [0.3, 0.4) is 0 Å². The molecule has 0 aliphatic rings. The van der Waals surface area contributed by atoms with Crippen LogP contribution >= 0.6 is 0 Å². The summed E-state index contributed by atoms with van der Waals surface area (Å²) in [5, 5.41) is 3.36. The van der Waals surface area contributed by atoms with E-state index in [2.05, 4.69) is 48.3 Å². The quantitative estimate of drug-likeness (QED) is 0.636. The van der Waals surface area contributed by atoms with Gasteiger partial charge < -0.3 is 19.7 Å². The summed E-state index contributed by atoms with van der Waals surface area (Å²) < 4.78 is 10.2. The number of nitrogens with zero attached hydrogens (tertiary/aromatic N) is 1. The normalized spacial score (nSPS) is 11.1. The monoisotopic (exact) mass is 294 g/mol. The van der Waals surface area contributed by atoms with Crippen molar-refractivity contribution in [2.24, 2.45) is 5.92 Å². The summed E-state index contributed by atoms with van der Waals surface area (Å²) >= 11 is 0. The molecule has 0 saturated carbocycles. The molecule has 0 aliphatic heterocycles. The smallest absolute Gasteiger partial charge is 0.0637 e. The second-order valence-electron chi connectivity index (χ2n) is 5.67. The van der Waals surface area contributed by atoms with Gasteiger partial charge in [-0.3, -0.25) is 0 Å². The fourth-order valence-corrected chi connectivity index (χ4v) is 2.20. The molecule has 4 nitrogen and oxygen atoms in total. The van der Waals surface area contributed by atoms with Gasteiger partial charge in [0.15, 0.2) is 0 Å². The fraction of sp³-hybridized carbons (Fsp3) is 0.647. The van der Waals surface area contributed by atoms with E-state index in [-0.39, 0.29) is 0 Å². The topological polar surface area (TPSA) is 33.7 Å². The van der Waals surface area contributed by atoms with Gasteiger partial charge in [-0.2, -0.15) is 0 Å². The van der Waals surface area contributed by atoms with Crippen LogP contribution in [0.2, 0.25) is 0 Å².